The Morgan fingerprint density at radius 1 is 1.20 bits per heavy atom. The number of halogens is 1. The van der Waals surface area contributed by atoms with Crippen LogP contribution in [-0.4, -0.2) is 47.3 Å². The maximum Gasteiger partial charge on any atom is 0.230 e. The molecule has 0 bridgehead atoms. The van der Waals surface area contributed by atoms with Crippen molar-refractivity contribution in [2.24, 2.45) is 11.8 Å². The van der Waals surface area contributed by atoms with Gasteiger partial charge in [-0.15, -0.1) is 0 Å². The maximum atomic E-state index is 9.42. The summed E-state index contributed by atoms with van der Waals surface area (Å²) < 4.78 is 0. The quantitative estimate of drug-likeness (QED) is 0.863. The van der Waals surface area contributed by atoms with E-state index in [1.165, 1.54) is 12.8 Å². The predicted molar refractivity (Wildman–Crippen MR) is 80.2 cm³/mol. The highest BCUT2D eigenvalue weighted by atomic mass is 35.5. The molecule has 0 aliphatic heterocycles. The number of anilines is 2. The Balaban J connectivity index is 1.99. The van der Waals surface area contributed by atoms with Crippen LogP contribution in [0.2, 0.25) is 5.28 Å². The van der Waals surface area contributed by atoms with Crippen molar-refractivity contribution in [2.75, 3.05) is 37.5 Å². The largest absolute Gasteiger partial charge is 0.396 e. The van der Waals surface area contributed by atoms with E-state index in [1.54, 1.807) is 4.90 Å². The molecule has 1 aliphatic rings. The van der Waals surface area contributed by atoms with Crippen molar-refractivity contribution in [3.63, 3.8) is 0 Å². The molecule has 2 N–H and O–H groups in total. The first-order chi connectivity index (χ1) is 9.60. The summed E-state index contributed by atoms with van der Waals surface area (Å²) in [6.45, 7) is 1.02. The Morgan fingerprint density at radius 3 is 2.55 bits per heavy atom. The Labute approximate surface area is 124 Å². The van der Waals surface area contributed by atoms with Gasteiger partial charge in [0.1, 0.15) is 0 Å². The highest BCUT2D eigenvalue weighted by Crippen LogP contribution is 2.29. The van der Waals surface area contributed by atoms with Crippen LogP contribution < -0.4 is 10.2 Å². The van der Waals surface area contributed by atoms with Crippen molar-refractivity contribution in [1.82, 2.24) is 15.0 Å². The number of aromatic nitrogens is 3. The zero-order valence-electron chi connectivity index (χ0n) is 12.0. The van der Waals surface area contributed by atoms with Gasteiger partial charge in [-0.25, -0.2) is 0 Å². The maximum absolute atomic E-state index is 9.42. The van der Waals surface area contributed by atoms with Gasteiger partial charge in [-0.2, -0.15) is 15.0 Å². The van der Waals surface area contributed by atoms with Crippen LogP contribution >= 0.6 is 11.6 Å². The Kier molecular flexibility index (Phi) is 5.37. The first kappa shape index (κ1) is 15.3. The van der Waals surface area contributed by atoms with E-state index >= 15 is 0 Å². The topological polar surface area (TPSA) is 74.2 Å². The smallest absolute Gasteiger partial charge is 0.230 e. The average Bonchev–Trinajstić information content (AvgIpc) is 2.44. The monoisotopic (exact) mass is 299 g/mol. The van der Waals surface area contributed by atoms with Crippen LogP contribution in [0.25, 0.3) is 0 Å². The molecule has 2 unspecified atom stereocenters. The van der Waals surface area contributed by atoms with Crippen molar-refractivity contribution >= 4 is 23.5 Å². The Bertz CT molecular complexity index is 443. The molecule has 1 aliphatic carbocycles. The molecule has 6 nitrogen and oxygen atoms in total. The molecule has 0 spiro atoms. The molecular formula is C13H22ClN5O. The first-order valence-corrected chi connectivity index (χ1v) is 7.41. The number of aliphatic hydroxyl groups is 1. The number of hydrogen-bond donors (Lipinski definition) is 2. The highest BCUT2D eigenvalue weighted by molar-refractivity contribution is 6.28. The Hall–Kier alpha value is -1.14. The number of nitrogens with one attached hydrogen (secondary N) is 1. The van der Waals surface area contributed by atoms with Crippen LogP contribution in [-0.2, 0) is 0 Å². The van der Waals surface area contributed by atoms with Crippen molar-refractivity contribution in [1.29, 1.82) is 0 Å². The van der Waals surface area contributed by atoms with Crippen molar-refractivity contribution in [3.8, 4) is 0 Å². The summed E-state index contributed by atoms with van der Waals surface area (Å²) in [7, 11) is 3.72. The van der Waals surface area contributed by atoms with Crippen molar-refractivity contribution in [3.05, 3.63) is 5.28 Å². The number of hydrogen-bond acceptors (Lipinski definition) is 6. The summed E-state index contributed by atoms with van der Waals surface area (Å²) >= 11 is 5.90. The lowest BCUT2D eigenvalue weighted by Gasteiger charge is -2.30. The van der Waals surface area contributed by atoms with Gasteiger partial charge in [0.05, 0.1) is 0 Å². The van der Waals surface area contributed by atoms with Crippen LogP contribution in [0.4, 0.5) is 11.9 Å². The molecule has 0 aromatic carbocycles. The van der Waals surface area contributed by atoms with E-state index in [2.05, 4.69) is 20.3 Å². The second kappa shape index (κ2) is 7.04. The minimum atomic E-state index is 0.188. The van der Waals surface area contributed by atoms with Gasteiger partial charge in [0, 0.05) is 27.2 Å². The van der Waals surface area contributed by atoms with E-state index < -0.39 is 0 Å². The van der Waals surface area contributed by atoms with Crippen LogP contribution in [0.1, 0.15) is 25.7 Å². The molecule has 0 amide bonds. The molecule has 1 aromatic heterocycles. The van der Waals surface area contributed by atoms with Gasteiger partial charge < -0.3 is 15.3 Å². The Morgan fingerprint density at radius 2 is 1.90 bits per heavy atom. The summed E-state index contributed by atoms with van der Waals surface area (Å²) in [5.41, 5.74) is 0. The third-order valence-corrected chi connectivity index (χ3v) is 3.99. The fourth-order valence-corrected chi connectivity index (χ4v) is 2.79. The second-order valence-electron chi connectivity index (χ2n) is 5.49. The number of nitrogens with zero attached hydrogens (tertiary/aromatic N) is 4. The summed E-state index contributed by atoms with van der Waals surface area (Å²) in [4.78, 5) is 14.2. The predicted octanol–water partition coefficient (Wildman–Crippen LogP) is 1.80. The average molecular weight is 300 g/mol. The fraction of sp³-hybridized carbons (Fsp3) is 0.769. The molecule has 1 heterocycles. The van der Waals surface area contributed by atoms with Gasteiger partial charge >= 0.3 is 0 Å². The first-order valence-electron chi connectivity index (χ1n) is 7.03. The zero-order valence-corrected chi connectivity index (χ0v) is 12.8. The summed E-state index contributed by atoms with van der Waals surface area (Å²) in [5, 5.41) is 12.8. The molecular weight excluding hydrogens is 278 g/mol. The minimum absolute atomic E-state index is 0.188. The number of aliphatic hydroxyl groups excluding tert-OH is 1. The molecule has 1 aromatic rings. The normalized spacial score (nSPS) is 22.6. The van der Waals surface area contributed by atoms with E-state index in [0.717, 1.165) is 19.4 Å². The molecule has 2 atom stereocenters. The zero-order chi connectivity index (χ0) is 14.5. The molecule has 2 rings (SSSR count). The van der Waals surface area contributed by atoms with Crippen LogP contribution in [0, 0.1) is 11.8 Å². The van der Waals surface area contributed by atoms with Gasteiger partial charge in [0.2, 0.25) is 17.2 Å². The van der Waals surface area contributed by atoms with Crippen molar-refractivity contribution < 1.29 is 5.11 Å². The standard InChI is InChI=1S/C13H22ClN5O/c1-19(2)13-17-11(14)16-12(18-13)15-7-9-5-3-4-6-10(9)8-20/h9-10,20H,3-8H2,1-2H3,(H,15,16,17,18). The molecule has 7 heteroatoms. The van der Waals surface area contributed by atoms with Gasteiger partial charge in [0.15, 0.2) is 0 Å². The number of rotatable bonds is 5. The van der Waals surface area contributed by atoms with Crippen LogP contribution in [0.15, 0.2) is 0 Å². The van der Waals surface area contributed by atoms with E-state index in [1.807, 2.05) is 14.1 Å². The molecule has 20 heavy (non-hydrogen) atoms. The van der Waals surface area contributed by atoms with Crippen molar-refractivity contribution in [2.45, 2.75) is 25.7 Å². The lowest BCUT2D eigenvalue weighted by atomic mass is 9.80. The molecule has 112 valence electrons. The summed E-state index contributed by atoms with van der Waals surface area (Å²) in [6, 6.07) is 0. The SMILES string of the molecule is CN(C)c1nc(Cl)nc(NCC2CCCCC2CO)n1. The fourth-order valence-electron chi connectivity index (χ4n) is 2.63. The lowest BCUT2D eigenvalue weighted by Crippen LogP contribution is -2.29. The minimum Gasteiger partial charge on any atom is -0.396 e. The van der Waals surface area contributed by atoms with Gasteiger partial charge in [-0.3, -0.25) is 0 Å². The second-order valence-corrected chi connectivity index (χ2v) is 5.83. The summed E-state index contributed by atoms with van der Waals surface area (Å²) in [5.74, 6) is 1.87. The van der Waals surface area contributed by atoms with Gasteiger partial charge in [-0.05, 0) is 36.3 Å². The van der Waals surface area contributed by atoms with E-state index in [9.17, 15) is 5.11 Å². The third-order valence-electron chi connectivity index (χ3n) is 3.82. The molecule has 1 saturated carbocycles. The molecule has 1 fully saturated rings. The van der Waals surface area contributed by atoms with Gasteiger partial charge in [-0.1, -0.05) is 12.8 Å². The molecule has 0 saturated heterocycles. The molecule has 0 radical (unpaired) electrons. The van der Waals surface area contributed by atoms with Gasteiger partial charge in [0.25, 0.3) is 0 Å². The lowest BCUT2D eigenvalue weighted by molar-refractivity contribution is 0.141. The van der Waals surface area contributed by atoms with Crippen LogP contribution in [0.3, 0.4) is 0 Å². The van der Waals surface area contributed by atoms with E-state index in [0.29, 0.717) is 23.7 Å². The third kappa shape index (κ3) is 3.93. The summed E-state index contributed by atoms with van der Waals surface area (Å²) in [6.07, 6.45) is 4.68. The van der Waals surface area contributed by atoms with Crippen LogP contribution in [0.5, 0.6) is 0 Å². The van der Waals surface area contributed by atoms with E-state index in [4.69, 9.17) is 11.6 Å². The highest BCUT2D eigenvalue weighted by Gasteiger charge is 2.24. The van der Waals surface area contributed by atoms with E-state index in [-0.39, 0.29) is 11.9 Å².